The van der Waals surface area contributed by atoms with Gasteiger partial charge in [-0.3, -0.25) is 4.79 Å². The first-order valence-corrected chi connectivity index (χ1v) is 9.25. The zero-order valence-electron chi connectivity index (χ0n) is 15.2. The highest BCUT2D eigenvalue weighted by Crippen LogP contribution is 2.25. The van der Waals surface area contributed by atoms with Crippen LogP contribution in [0.5, 0.6) is 0 Å². The van der Waals surface area contributed by atoms with Gasteiger partial charge in [0.05, 0.1) is 28.2 Å². The summed E-state index contributed by atoms with van der Waals surface area (Å²) in [7, 11) is 0. The second-order valence-corrected chi connectivity index (χ2v) is 6.78. The first-order valence-electron chi connectivity index (χ1n) is 8.87. The van der Waals surface area contributed by atoms with E-state index in [1.165, 1.54) is 4.57 Å². The number of amides is 1. The molecule has 6 nitrogen and oxygen atoms in total. The van der Waals surface area contributed by atoms with Gasteiger partial charge in [0.2, 0.25) is 5.95 Å². The van der Waals surface area contributed by atoms with Crippen molar-refractivity contribution in [1.82, 2.24) is 9.55 Å². The molecule has 0 aliphatic carbocycles. The number of nitrogens with zero attached hydrogens (tertiary/aromatic N) is 3. The van der Waals surface area contributed by atoms with Gasteiger partial charge in [-0.15, -0.1) is 0 Å². The van der Waals surface area contributed by atoms with E-state index in [0.29, 0.717) is 11.2 Å². The van der Waals surface area contributed by atoms with E-state index in [4.69, 9.17) is 11.6 Å². The van der Waals surface area contributed by atoms with E-state index in [-0.39, 0.29) is 22.9 Å². The fourth-order valence-electron chi connectivity index (χ4n) is 3.16. The van der Waals surface area contributed by atoms with Crippen molar-refractivity contribution in [2.45, 2.75) is 6.54 Å². The number of fused-ring (bicyclic) bond motifs is 1. The summed E-state index contributed by atoms with van der Waals surface area (Å²) in [6, 6.07) is 22.9. The lowest BCUT2D eigenvalue weighted by Gasteiger charge is -2.23. The van der Waals surface area contributed by atoms with Gasteiger partial charge in [0.1, 0.15) is 0 Å². The Labute approximate surface area is 171 Å². The average molecular weight is 406 g/mol. The van der Waals surface area contributed by atoms with E-state index in [1.807, 2.05) is 36.4 Å². The summed E-state index contributed by atoms with van der Waals surface area (Å²) in [6.07, 6.45) is -1.22. The largest absolute Gasteiger partial charge is 0.465 e. The van der Waals surface area contributed by atoms with Crippen molar-refractivity contribution < 1.29 is 9.90 Å². The van der Waals surface area contributed by atoms with Crippen LogP contribution in [0.2, 0.25) is 5.02 Å². The third-order valence-corrected chi connectivity index (χ3v) is 4.81. The molecule has 29 heavy (non-hydrogen) atoms. The molecule has 0 fully saturated rings. The predicted octanol–water partition coefficient (Wildman–Crippen LogP) is 4.72. The zero-order valence-corrected chi connectivity index (χ0v) is 16.0. The number of aromatic nitrogens is 2. The molecule has 144 valence electrons. The molecule has 0 unspecified atom stereocenters. The van der Waals surface area contributed by atoms with Gasteiger partial charge in [-0.2, -0.15) is 0 Å². The second-order valence-electron chi connectivity index (χ2n) is 6.38. The van der Waals surface area contributed by atoms with Crippen LogP contribution in [0.4, 0.5) is 10.7 Å². The summed E-state index contributed by atoms with van der Waals surface area (Å²) < 4.78 is 1.28. The van der Waals surface area contributed by atoms with Gasteiger partial charge in [0, 0.05) is 0 Å². The van der Waals surface area contributed by atoms with Gasteiger partial charge in [0.15, 0.2) is 0 Å². The predicted molar refractivity (Wildman–Crippen MR) is 113 cm³/mol. The van der Waals surface area contributed by atoms with E-state index < -0.39 is 11.7 Å². The van der Waals surface area contributed by atoms with Crippen LogP contribution in [0, 0.1) is 0 Å². The minimum Gasteiger partial charge on any atom is -0.465 e. The first kappa shape index (κ1) is 18.7. The lowest BCUT2D eigenvalue weighted by molar-refractivity contribution is 0.201. The summed E-state index contributed by atoms with van der Waals surface area (Å²) >= 11 is 6.26. The van der Waals surface area contributed by atoms with Crippen molar-refractivity contribution in [1.29, 1.82) is 0 Å². The van der Waals surface area contributed by atoms with Crippen LogP contribution >= 0.6 is 11.6 Å². The maximum atomic E-state index is 13.4. The van der Waals surface area contributed by atoms with E-state index >= 15 is 0 Å². The van der Waals surface area contributed by atoms with Crippen LogP contribution in [0.15, 0.2) is 83.7 Å². The van der Waals surface area contributed by atoms with Gasteiger partial charge in [0.25, 0.3) is 5.56 Å². The van der Waals surface area contributed by atoms with Crippen LogP contribution in [0.1, 0.15) is 5.56 Å². The Balaban J connectivity index is 2.01. The van der Waals surface area contributed by atoms with Crippen molar-refractivity contribution in [3.8, 4) is 5.69 Å². The molecule has 0 aliphatic heterocycles. The quantitative estimate of drug-likeness (QED) is 0.533. The number of rotatable bonds is 4. The van der Waals surface area contributed by atoms with Crippen LogP contribution in [-0.4, -0.2) is 20.8 Å². The zero-order chi connectivity index (χ0) is 20.4. The molecule has 1 heterocycles. The molecule has 3 aromatic carbocycles. The molecule has 0 bridgehead atoms. The van der Waals surface area contributed by atoms with Crippen LogP contribution < -0.4 is 10.5 Å². The van der Waals surface area contributed by atoms with Crippen molar-refractivity contribution in [3.63, 3.8) is 0 Å². The van der Waals surface area contributed by atoms with E-state index in [9.17, 15) is 14.7 Å². The summed E-state index contributed by atoms with van der Waals surface area (Å²) in [5.74, 6) is 0.00678. The number of para-hydroxylation sites is 1. The molecule has 0 saturated carbocycles. The molecule has 1 amide bonds. The first-order chi connectivity index (χ1) is 14.1. The number of anilines is 1. The third-order valence-electron chi connectivity index (χ3n) is 4.50. The number of benzene rings is 3. The Morgan fingerprint density at radius 2 is 1.62 bits per heavy atom. The highest BCUT2D eigenvalue weighted by molar-refractivity contribution is 6.35. The molecule has 0 radical (unpaired) electrons. The molecule has 0 aliphatic rings. The van der Waals surface area contributed by atoms with Gasteiger partial charge in [-0.1, -0.05) is 66.2 Å². The van der Waals surface area contributed by atoms with E-state index in [2.05, 4.69) is 4.98 Å². The minimum absolute atomic E-state index is 0.00678. The molecule has 7 heteroatoms. The van der Waals surface area contributed by atoms with Crippen molar-refractivity contribution in [3.05, 3.63) is 99.8 Å². The maximum absolute atomic E-state index is 13.4. The van der Waals surface area contributed by atoms with Crippen molar-refractivity contribution >= 4 is 34.5 Å². The highest BCUT2D eigenvalue weighted by Gasteiger charge is 2.24. The summed E-state index contributed by atoms with van der Waals surface area (Å²) in [5.41, 5.74) is 1.18. The van der Waals surface area contributed by atoms with Gasteiger partial charge in [-0.05, 0) is 29.8 Å². The van der Waals surface area contributed by atoms with Gasteiger partial charge in [-0.25, -0.2) is 19.2 Å². The highest BCUT2D eigenvalue weighted by atomic mass is 35.5. The Hall–Kier alpha value is -3.64. The van der Waals surface area contributed by atoms with Gasteiger partial charge >= 0.3 is 6.09 Å². The van der Waals surface area contributed by atoms with Gasteiger partial charge < -0.3 is 5.11 Å². The number of carbonyl (C=O) groups is 1. The fourth-order valence-corrected chi connectivity index (χ4v) is 3.41. The number of halogens is 1. The Kier molecular flexibility index (Phi) is 5.01. The third kappa shape index (κ3) is 3.58. The molecular formula is C22H16ClN3O3. The SMILES string of the molecule is O=C(O)N(Cc1ccccc1)c1nc2cccc(Cl)c2c(=O)n1-c1ccccc1. The number of carboxylic acid groups (broad SMARTS) is 1. The minimum atomic E-state index is -1.22. The van der Waals surface area contributed by atoms with Crippen LogP contribution in [0.3, 0.4) is 0 Å². The maximum Gasteiger partial charge on any atom is 0.414 e. The Bertz CT molecular complexity index is 1240. The van der Waals surface area contributed by atoms with Crippen molar-refractivity contribution in [2.75, 3.05) is 4.90 Å². The molecular weight excluding hydrogens is 390 g/mol. The average Bonchev–Trinajstić information content (AvgIpc) is 2.73. The summed E-state index contributed by atoms with van der Waals surface area (Å²) in [4.78, 5) is 31.1. The molecule has 1 N–H and O–H groups in total. The second kappa shape index (κ2) is 7.77. The molecule has 0 spiro atoms. The monoisotopic (exact) mass is 405 g/mol. The summed E-state index contributed by atoms with van der Waals surface area (Å²) in [5, 5.41) is 10.4. The summed E-state index contributed by atoms with van der Waals surface area (Å²) in [6.45, 7) is 0.0432. The topological polar surface area (TPSA) is 75.4 Å². The molecule has 1 aromatic heterocycles. The lowest BCUT2D eigenvalue weighted by atomic mass is 10.2. The lowest BCUT2D eigenvalue weighted by Crippen LogP contribution is -2.35. The normalized spacial score (nSPS) is 10.8. The van der Waals surface area contributed by atoms with Crippen molar-refractivity contribution in [2.24, 2.45) is 0 Å². The molecule has 4 aromatic rings. The number of hydrogen-bond acceptors (Lipinski definition) is 3. The molecule has 4 rings (SSSR count). The standard InChI is InChI=1S/C22H16ClN3O3/c23-17-12-7-13-18-19(17)20(27)26(16-10-5-2-6-11-16)21(24-18)25(22(28)29)14-15-8-3-1-4-9-15/h1-13H,14H2,(H,28,29). The Morgan fingerprint density at radius 3 is 2.28 bits per heavy atom. The smallest absolute Gasteiger partial charge is 0.414 e. The Morgan fingerprint density at radius 1 is 0.966 bits per heavy atom. The van der Waals surface area contributed by atoms with Crippen LogP contribution in [0.25, 0.3) is 16.6 Å². The number of hydrogen-bond donors (Lipinski definition) is 1. The van der Waals surface area contributed by atoms with Crippen LogP contribution in [-0.2, 0) is 6.54 Å². The van der Waals surface area contributed by atoms with E-state index in [0.717, 1.165) is 10.5 Å². The molecule has 0 atom stereocenters. The van der Waals surface area contributed by atoms with E-state index in [1.54, 1.807) is 42.5 Å². The molecule has 0 saturated heterocycles. The fraction of sp³-hybridized carbons (Fsp3) is 0.0455.